The third-order valence-electron chi connectivity index (χ3n) is 22.9. The summed E-state index contributed by atoms with van der Waals surface area (Å²) in [5.74, 6) is 0.695. The van der Waals surface area contributed by atoms with Crippen molar-refractivity contribution in [1.29, 1.82) is 0 Å². The molecule has 17 N–H and O–H groups in total. The molecule has 10 aromatic rings. The number of fused-ring (bicyclic) bond motifs is 4. The van der Waals surface area contributed by atoms with E-state index in [1.54, 1.807) is 53.4 Å². The topological polar surface area (TPSA) is 554 Å². The van der Waals surface area contributed by atoms with E-state index in [0.717, 1.165) is 119 Å². The zero-order chi connectivity index (χ0) is 101. The minimum Gasteiger partial charge on any atom is -0.508 e. The summed E-state index contributed by atoms with van der Waals surface area (Å²) in [6.45, 7) is 16.2. The number of carbonyl (C=O) groups is 7. The van der Waals surface area contributed by atoms with Crippen molar-refractivity contribution in [2.75, 3.05) is 347 Å². The molecular weight excluding hydrogens is 1870 g/mol. The maximum atomic E-state index is 14.0. The summed E-state index contributed by atoms with van der Waals surface area (Å²) in [4.78, 5) is 135. The van der Waals surface area contributed by atoms with Crippen LogP contribution in [0, 0.1) is 0 Å². The van der Waals surface area contributed by atoms with Gasteiger partial charge in [-0.2, -0.15) is 0 Å². The predicted octanol–water partition coefficient (Wildman–Crippen LogP) is 1.10. The summed E-state index contributed by atoms with van der Waals surface area (Å²) in [6.07, 6.45) is 0. The van der Waals surface area contributed by atoms with E-state index >= 15 is 0 Å². The monoisotopic (exact) mass is 2010 g/mol. The number of hydrogen-bond donors (Lipinski definition) is 16. The second-order valence-electron chi connectivity index (χ2n) is 33.8. The predicted molar refractivity (Wildman–Crippen MR) is 539 cm³/mol. The van der Waals surface area contributed by atoms with Crippen LogP contribution in [0.4, 0.5) is 11.4 Å². The average Bonchev–Trinajstić information content (AvgIpc) is 1.61. The van der Waals surface area contributed by atoms with Crippen LogP contribution in [0.1, 0.15) is 20.7 Å². The lowest BCUT2D eigenvalue weighted by molar-refractivity contribution is -0.127. The third kappa shape index (κ3) is 38.8. The van der Waals surface area contributed by atoms with Crippen molar-refractivity contribution in [2.24, 2.45) is 5.73 Å². The van der Waals surface area contributed by atoms with Gasteiger partial charge in [-0.05, 0) is 123 Å². The van der Waals surface area contributed by atoms with Crippen LogP contribution in [-0.2, 0) is 90.3 Å². The fourth-order valence-corrected chi connectivity index (χ4v) is 15.1. The molecule has 0 saturated carbocycles. The van der Waals surface area contributed by atoms with Gasteiger partial charge in [-0.25, -0.2) is 19.9 Å². The highest BCUT2D eigenvalue weighted by Gasteiger charge is 2.26. The molecule has 0 unspecified atom stereocenters. The minimum atomic E-state index is -0.371. The Morgan fingerprint density at radius 2 is 0.632 bits per heavy atom. The van der Waals surface area contributed by atoms with Gasteiger partial charge in [-0.1, -0.05) is 0 Å². The Hall–Kier alpha value is -12.1. The Kier molecular flexibility index (Phi) is 48.1. The van der Waals surface area contributed by atoms with Crippen LogP contribution in [0.25, 0.3) is 89.7 Å². The minimum absolute atomic E-state index is 0.0616. The molecule has 784 valence electrons. The van der Waals surface area contributed by atoms with Gasteiger partial charge >= 0.3 is 0 Å². The van der Waals surface area contributed by atoms with Crippen molar-refractivity contribution in [3.63, 3.8) is 0 Å². The number of amides is 7. The number of H-pyrrole nitrogens is 4. The van der Waals surface area contributed by atoms with Crippen LogP contribution in [0.15, 0.2) is 109 Å². The summed E-state index contributed by atoms with van der Waals surface area (Å²) in [5.41, 5.74) is 17.2. The second-order valence-corrected chi connectivity index (χ2v) is 33.8. The third-order valence-corrected chi connectivity index (χ3v) is 22.9. The fourth-order valence-electron chi connectivity index (χ4n) is 15.1. The van der Waals surface area contributed by atoms with E-state index in [0.29, 0.717) is 138 Å². The molecule has 4 aromatic heterocycles. The summed E-state index contributed by atoms with van der Waals surface area (Å²) in [5, 5.41) is 45.8. The van der Waals surface area contributed by atoms with Gasteiger partial charge in [0.05, 0.1) is 210 Å². The number of imidazole rings is 4. The Morgan fingerprint density at radius 1 is 0.326 bits per heavy atom. The van der Waals surface area contributed by atoms with Crippen LogP contribution in [-0.4, -0.2) is 443 Å². The number of nitrogens with one attached hydrogen (secondary N) is 13. The molecule has 7 amide bonds. The van der Waals surface area contributed by atoms with E-state index in [9.17, 15) is 43.8 Å². The number of phenols is 2. The van der Waals surface area contributed by atoms with E-state index in [1.807, 2.05) is 48.5 Å². The van der Waals surface area contributed by atoms with Crippen molar-refractivity contribution < 1.29 is 110 Å². The first-order valence-electron chi connectivity index (χ1n) is 48.8. The van der Waals surface area contributed by atoms with Crippen LogP contribution in [0.3, 0.4) is 0 Å². The van der Waals surface area contributed by atoms with Gasteiger partial charge in [0.1, 0.15) is 72.3 Å². The number of aromatic hydroxyl groups is 2. The van der Waals surface area contributed by atoms with Crippen molar-refractivity contribution in [3.8, 4) is 57.1 Å². The molecule has 6 aromatic carbocycles. The lowest BCUT2D eigenvalue weighted by Gasteiger charge is -2.34. The number of nitrogens with two attached hydrogens (primary N) is 1. The molecule has 0 atom stereocenters. The number of aromatic amines is 4. The highest BCUT2D eigenvalue weighted by molar-refractivity contribution is 6.08. The molecule has 0 radical (unpaired) electrons. The highest BCUT2D eigenvalue weighted by atomic mass is 16.6. The van der Waals surface area contributed by atoms with E-state index in [4.69, 9.17) is 92.0 Å². The SMILES string of the molecule is CN1CCN(c2cc(C(=O)NCCOCCOCNCCOCCOCC(=O)NCCN(CCNC(=O)COCCOCCNCOCCOCCNC(=O)c3cc(N4CCN(C)CC4)cc4[nH]c(-c5ccc6nc(-c7ccc(O)cc7)[nH]c6c5)nc34)CC(=O)NCCOCCOCC(=O)NCCOCCOCC(=O)NCCOCCOCCN)c3nc(-c4ccc5nc(-c6ccc(O)cc6)[nH]c5c4)[nH]c3c2)CC1. The molecule has 46 nitrogen and oxygen atoms in total. The van der Waals surface area contributed by atoms with E-state index in [-0.39, 0.29) is 231 Å². The largest absolute Gasteiger partial charge is 0.508 e. The Labute approximate surface area is 835 Å². The number of ether oxygens (including phenoxy) is 14. The van der Waals surface area contributed by atoms with E-state index < -0.39 is 0 Å². The fraction of sp³-hybridized carbons (Fsp3) is 0.520. The molecule has 2 aliphatic rings. The smallest absolute Gasteiger partial charge is 0.253 e. The number of anilines is 2. The van der Waals surface area contributed by atoms with Crippen molar-refractivity contribution in [3.05, 3.63) is 120 Å². The van der Waals surface area contributed by atoms with Gasteiger partial charge in [0, 0.05) is 165 Å². The molecule has 12 rings (SSSR count). The van der Waals surface area contributed by atoms with Gasteiger partial charge in [0.2, 0.25) is 29.5 Å². The number of nitrogens with zero attached hydrogens (tertiary/aromatic N) is 9. The van der Waals surface area contributed by atoms with Crippen LogP contribution in [0.5, 0.6) is 11.5 Å². The van der Waals surface area contributed by atoms with Crippen molar-refractivity contribution in [1.82, 2.24) is 102 Å². The molecule has 0 bridgehead atoms. The number of likely N-dealkylation sites (N-methyl/N-ethyl adjacent to an activating group) is 2. The summed E-state index contributed by atoms with van der Waals surface area (Å²) >= 11 is 0. The molecule has 46 heteroatoms. The van der Waals surface area contributed by atoms with E-state index in [1.165, 1.54) is 0 Å². The number of rotatable bonds is 72. The molecule has 0 aliphatic carbocycles. The molecule has 0 spiro atoms. The molecule has 6 heterocycles. The second kappa shape index (κ2) is 62.6. The summed E-state index contributed by atoms with van der Waals surface area (Å²) in [7, 11) is 4.20. The van der Waals surface area contributed by atoms with Gasteiger partial charge in [0.15, 0.2) is 0 Å². The quantitative estimate of drug-likeness (QED) is 0.0187. The maximum absolute atomic E-state index is 14.0. The Morgan fingerprint density at radius 3 is 1.00 bits per heavy atom. The first-order chi connectivity index (χ1) is 70.4. The van der Waals surface area contributed by atoms with Crippen LogP contribution < -0.4 is 63.4 Å². The van der Waals surface area contributed by atoms with Gasteiger partial charge in [0.25, 0.3) is 11.8 Å². The van der Waals surface area contributed by atoms with Crippen LogP contribution >= 0.6 is 0 Å². The standard InChI is InChI=1S/C98H139N23O23/c1-117-27-31-120(32-28-117)74-59-78(91-84(61-74)113-95(115-91)72-7-13-80-82(57-72)111-93(109-80)70-3-9-76(122)10-4-70)97(129)107-23-41-137-49-55-143-68-100-18-36-132-45-51-139-64-87(125)102-16-25-119(63-86(124)104-20-38-135-47-53-141-67-90(128)106-22-40-136-48-54-142-66-89(127)105-21-39-134-44-43-131-35-15-99)26-17-103-88(126)65-140-52-46-133-37-19-101-69-144-56-50-138-42-24-108-98(130)79-60-75(121-33-29-118(2)30-34-121)62-85-92(79)116-96(114-85)73-8-14-81-83(58-73)112-94(110-81)71-5-11-77(123)12-6-71/h3-14,57-62,100-101,122-123H,15-56,63-69,99H2,1-2H3,(H,102,125)(H,103,126)(H,104,124)(H,105,127)(H,106,128)(H,107,129)(H,108,130)(H,109,111)(H,110,112)(H,113,115)(H,114,116). The van der Waals surface area contributed by atoms with Gasteiger partial charge in [-0.3, -0.25) is 49.1 Å². The molecule has 144 heavy (non-hydrogen) atoms. The number of phenolic OH excluding ortho intramolecular Hbond substituents is 2. The lowest BCUT2D eigenvalue weighted by Crippen LogP contribution is -2.45. The first-order valence-corrected chi connectivity index (χ1v) is 48.8. The van der Waals surface area contributed by atoms with Gasteiger partial charge < -0.3 is 159 Å². The van der Waals surface area contributed by atoms with E-state index in [2.05, 4.69) is 114 Å². The zero-order valence-corrected chi connectivity index (χ0v) is 82.1. The number of benzene rings is 6. The lowest BCUT2D eigenvalue weighted by atomic mass is 10.1. The number of aromatic nitrogens is 8. The number of carbonyl (C=O) groups excluding carboxylic acids is 7. The summed E-state index contributed by atoms with van der Waals surface area (Å²) in [6, 6.07) is 33.3. The molecule has 2 aliphatic heterocycles. The maximum Gasteiger partial charge on any atom is 0.253 e. The average molecular weight is 2010 g/mol. The normalized spacial score (nSPS) is 13.2. The van der Waals surface area contributed by atoms with Crippen molar-refractivity contribution >= 4 is 96.9 Å². The number of hydrogen-bond acceptors (Lipinski definition) is 35. The summed E-state index contributed by atoms with van der Waals surface area (Å²) < 4.78 is 77.8. The van der Waals surface area contributed by atoms with Crippen molar-refractivity contribution in [2.45, 2.75) is 0 Å². The number of piperazine rings is 2. The Balaban J connectivity index is 0.479. The molecule has 2 saturated heterocycles. The highest BCUT2D eigenvalue weighted by Crippen LogP contribution is 2.34. The van der Waals surface area contributed by atoms with Crippen LogP contribution in [0.2, 0.25) is 0 Å². The van der Waals surface area contributed by atoms with Gasteiger partial charge in [-0.15, -0.1) is 0 Å². The molecule has 2 fully saturated rings. The Bertz CT molecular complexity index is 5250. The zero-order valence-electron chi connectivity index (χ0n) is 82.1. The molecular formula is C98H139N23O23. The first kappa shape index (κ1) is 111.